The standard InChI is InChI=1S/C14H22BN3O2/c1-13(2)14(3,4)20-15(19-13)11(9-16)7-10-5-6-18-12(17)8-10/h5-8H,9,16H2,1-4H3,(H2,17,18). The molecule has 0 unspecified atom stereocenters. The first-order valence-electron chi connectivity index (χ1n) is 6.73. The number of pyridine rings is 1. The van der Waals surface area contributed by atoms with Crippen LogP contribution in [0, 0.1) is 0 Å². The summed E-state index contributed by atoms with van der Waals surface area (Å²) in [7, 11) is -0.431. The minimum absolute atomic E-state index is 0.360. The molecule has 1 fully saturated rings. The summed E-state index contributed by atoms with van der Waals surface area (Å²) in [4.78, 5) is 3.97. The monoisotopic (exact) mass is 275 g/mol. The van der Waals surface area contributed by atoms with Gasteiger partial charge in [0.25, 0.3) is 0 Å². The Morgan fingerprint density at radius 2 is 1.90 bits per heavy atom. The van der Waals surface area contributed by atoms with Crippen LogP contribution in [0.15, 0.2) is 23.8 Å². The Bertz CT molecular complexity index is 513. The fourth-order valence-corrected chi connectivity index (χ4v) is 1.99. The van der Waals surface area contributed by atoms with Gasteiger partial charge in [0.2, 0.25) is 0 Å². The number of nitrogens with two attached hydrogens (primary N) is 2. The van der Waals surface area contributed by atoms with E-state index in [9.17, 15) is 0 Å². The highest BCUT2D eigenvalue weighted by Crippen LogP contribution is 2.38. The van der Waals surface area contributed by atoms with E-state index >= 15 is 0 Å². The summed E-state index contributed by atoms with van der Waals surface area (Å²) in [6.07, 6.45) is 3.61. The first-order valence-corrected chi connectivity index (χ1v) is 6.73. The lowest BCUT2D eigenvalue weighted by atomic mass is 9.77. The van der Waals surface area contributed by atoms with E-state index < -0.39 is 7.12 Å². The van der Waals surface area contributed by atoms with Crippen molar-refractivity contribution in [3.8, 4) is 0 Å². The van der Waals surface area contributed by atoms with E-state index in [1.165, 1.54) is 0 Å². The van der Waals surface area contributed by atoms with Gasteiger partial charge < -0.3 is 20.8 Å². The summed E-state index contributed by atoms with van der Waals surface area (Å²) in [5.74, 6) is 0.476. The Morgan fingerprint density at radius 3 is 2.40 bits per heavy atom. The van der Waals surface area contributed by atoms with Crippen molar-refractivity contribution in [1.82, 2.24) is 4.98 Å². The van der Waals surface area contributed by atoms with Gasteiger partial charge >= 0.3 is 7.12 Å². The lowest BCUT2D eigenvalue weighted by Gasteiger charge is -2.32. The third kappa shape index (κ3) is 2.87. The summed E-state index contributed by atoms with van der Waals surface area (Å²) in [6.45, 7) is 8.44. The number of anilines is 1. The van der Waals surface area contributed by atoms with E-state index in [0.717, 1.165) is 11.0 Å². The van der Waals surface area contributed by atoms with Crippen LogP contribution in [0.25, 0.3) is 6.08 Å². The maximum absolute atomic E-state index is 6.00. The van der Waals surface area contributed by atoms with E-state index in [1.54, 1.807) is 12.3 Å². The molecule has 6 heteroatoms. The van der Waals surface area contributed by atoms with Gasteiger partial charge in [-0.25, -0.2) is 4.98 Å². The third-order valence-electron chi connectivity index (χ3n) is 3.95. The molecule has 0 aromatic carbocycles. The zero-order valence-corrected chi connectivity index (χ0v) is 12.5. The maximum Gasteiger partial charge on any atom is 0.491 e. The third-order valence-corrected chi connectivity index (χ3v) is 3.95. The van der Waals surface area contributed by atoms with Gasteiger partial charge in [-0.1, -0.05) is 6.08 Å². The van der Waals surface area contributed by atoms with Crippen molar-refractivity contribution >= 4 is 19.0 Å². The molecule has 108 valence electrons. The number of hydrogen-bond acceptors (Lipinski definition) is 5. The highest BCUT2D eigenvalue weighted by atomic mass is 16.7. The molecule has 0 spiro atoms. The number of nitrogens with zero attached hydrogens (tertiary/aromatic N) is 1. The van der Waals surface area contributed by atoms with Crippen LogP contribution in [-0.2, 0) is 9.31 Å². The molecule has 1 aliphatic heterocycles. The van der Waals surface area contributed by atoms with Crippen LogP contribution in [0.4, 0.5) is 5.82 Å². The Morgan fingerprint density at radius 1 is 1.30 bits per heavy atom. The number of rotatable bonds is 3. The number of hydrogen-bond donors (Lipinski definition) is 2. The SMILES string of the molecule is CC1(C)OB(C(=Cc2ccnc(N)c2)CN)OC1(C)C. The topological polar surface area (TPSA) is 83.4 Å². The second-order valence-electron chi connectivity index (χ2n) is 6.03. The predicted molar refractivity (Wildman–Crippen MR) is 81.8 cm³/mol. The van der Waals surface area contributed by atoms with Crippen LogP contribution in [-0.4, -0.2) is 29.8 Å². The van der Waals surface area contributed by atoms with E-state index in [-0.39, 0.29) is 11.2 Å². The molecular weight excluding hydrogens is 253 g/mol. The lowest BCUT2D eigenvalue weighted by molar-refractivity contribution is 0.00578. The quantitative estimate of drug-likeness (QED) is 0.819. The second kappa shape index (κ2) is 5.20. The van der Waals surface area contributed by atoms with Crippen molar-refractivity contribution in [2.24, 2.45) is 5.73 Å². The molecule has 2 heterocycles. The summed E-state index contributed by atoms with van der Waals surface area (Å²) < 4.78 is 12.0. The molecule has 4 N–H and O–H groups in total. The van der Waals surface area contributed by atoms with Gasteiger partial charge in [0.1, 0.15) is 5.82 Å². The molecule has 1 aromatic heterocycles. The maximum atomic E-state index is 6.00. The van der Waals surface area contributed by atoms with Gasteiger partial charge in [0.05, 0.1) is 11.2 Å². The predicted octanol–water partition coefficient (Wildman–Crippen LogP) is 1.64. The van der Waals surface area contributed by atoms with E-state index in [2.05, 4.69) is 4.98 Å². The molecule has 0 aliphatic carbocycles. The zero-order chi connectivity index (χ0) is 15.0. The van der Waals surface area contributed by atoms with Crippen LogP contribution in [0.3, 0.4) is 0 Å². The van der Waals surface area contributed by atoms with E-state index in [0.29, 0.717) is 12.4 Å². The van der Waals surface area contributed by atoms with Crippen LogP contribution < -0.4 is 11.5 Å². The van der Waals surface area contributed by atoms with Crippen LogP contribution in [0.5, 0.6) is 0 Å². The van der Waals surface area contributed by atoms with E-state index in [1.807, 2.05) is 39.8 Å². The Labute approximate surface area is 120 Å². The van der Waals surface area contributed by atoms with Crippen molar-refractivity contribution in [1.29, 1.82) is 0 Å². The Hall–Kier alpha value is -1.37. The van der Waals surface area contributed by atoms with Gasteiger partial charge in [-0.2, -0.15) is 0 Å². The molecule has 0 bridgehead atoms. The molecule has 2 rings (SSSR count). The Kier molecular flexibility index (Phi) is 3.91. The first kappa shape index (κ1) is 15.0. The molecule has 5 nitrogen and oxygen atoms in total. The largest absolute Gasteiger partial charge is 0.491 e. The van der Waals surface area contributed by atoms with Gasteiger partial charge in [0, 0.05) is 12.7 Å². The smallest absolute Gasteiger partial charge is 0.400 e. The van der Waals surface area contributed by atoms with Crippen molar-refractivity contribution in [2.75, 3.05) is 12.3 Å². The molecule has 20 heavy (non-hydrogen) atoms. The van der Waals surface area contributed by atoms with Crippen molar-refractivity contribution < 1.29 is 9.31 Å². The van der Waals surface area contributed by atoms with Crippen molar-refractivity contribution in [3.05, 3.63) is 29.4 Å². The van der Waals surface area contributed by atoms with Crippen LogP contribution in [0.2, 0.25) is 0 Å². The Balaban J connectivity index is 2.26. The summed E-state index contributed by atoms with van der Waals surface area (Å²) >= 11 is 0. The molecule has 0 saturated carbocycles. The van der Waals surface area contributed by atoms with Gasteiger partial charge in [-0.05, 0) is 50.9 Å². The minimum Gasteiger partial charge on any atom is -0.400 e. The number of aromatic nitrogens is 1. The normalized spacial score (nSPS) is 21.2. The second-order valence-corrected chi connectivity index (χ2v) is 6.03. The summed E-state index contributed by atoms with van der Waals surface area (Å²) in [5, 5.41) is 0. The zero-order valence-electron chi connectivity index (χ0n) is 12.5. The van der Waals surface area contributed by atoms with Gasteiger partial charge in [-0.3, -0.25) is 0 Å². The summed E-state index contributed by atoms with van der Waals surface area (Å²) in [5.41, 5.74) is 12.6. The average Bonchev–Trinajstić information content (AvgIpc) is 2.55. The van der Waals surface area contributed by atoms with Gasteiger partial charge in [0.15, 0.2) is 0 Å². The van der Waals surface area contributed by atoms with E-state index in [4.69, 9.17) is 20.8 Å². The fourth-order valence-electron chi connectivity index (χ4n) is 1.99. The van der Waals surface area contributed by atoms with Crippen LogP contribution >= 0.6 is 0 Å². The molecule has 1 aromatic rings. The molecule has 1 aliphatic rings. The number of nitrogen functional groups attached to an aromatic ring is 1. The highest BCUT2D eigenvalue weighted by molar-refractivity contribution is 6.55. The lowest BCUT2D eigenvalue weighted by Crippen LogP contribution is -2.41. The fraction of sp³-hybridized carbons (Fsp3) is 0.500. The summed E-state index contributed by atoms with van der Waals surface area (Å²) in [6, 6.07) is 3.66. The van der Waals surface area contributed by atoms with Gasteiger partial charge in [-0.15, -0.1) is 0 Å². The molecule has 1 saturated heterocycles. The first-order chi connectivity index (χ1) is 9.25. The molecule has 0 amide bonds. The van der Waals surface area contributed by atoms with Crippen LogP contribution in [0.1, 0.15) is 33.3 Å². The average molecular weight is 275 g/mol. The molecule has 0 radical (unpaired) electrons. The minimum atomic E-state index is -0.431. The molecule has 0 atom stereocenters. The highest BCUT2D eigenvalue weighted by Gasteiger charge is 2.52. The van der Waals surface area contributed by atoms with Crippen molar-refractivity contribution in [3.63, 3.8) is 0 Å². The molecular formula is C14H22BN3O2. The van der Waals surface area contributed by atoms with Crippen molar-refractivity contribution in [2.45, 2.75) is 38.9 Å².